The van der Waals surface area contributed by atoms with Crippen LogP contribution in [0.1, 0.15) is 58.4 Å². The second-order valence-electron chi connectivity index (χ2n) is 9.28. The molecule has 2 aromatic carbocycles. The number of para-hydroxylation sites is 2. The topological polar surface area (TPSA) is 105 Å². The van der Waals surface area contributed by atoms with E-state index in [-0.39, 0.29) is 37.7 Å². The second kappa shape index (κ2) is 16.0. The maximum absolute atomic E-state index is 13.6. The van der Waals surface area contributed by atoms with Gasteiger partial charge in [0, 0.05) is 26.1 Å². The van der Waals surface area contributed by atoms with E-state index >= 15 is 0 Å². The minimum atomic E-state index is -3.63. The van der Waals surface area contributed by atoms with Crippen molar-refractivity contribution in [2.75, 3.05) is 37.4 Å². The van der Waals surface area contributed by atoms with Crippen molar-refractivity contribution >= 4 is 27.5 Å². The van der Waals surface area contributed by atoms with Crippen molar-refractivity contribution < 1.29 is 27.5 Å². The Hall–Kier alpha value is -3.27. The molecule has 0 aromatic heterocycles. The lowest BCUT2D eigenvalue weighted by atomic mass is 10.1. The molecule has 0 aliphatic rings. The van der Waals surface area contributed by atoms with Crippen molar-refractivity contribution in [3.63, 3.8) is 0 Å². The van der Waals surface area contributed by atoms with Crippen molar-refractivity contribution in [3.8, 4) is 11.5 Å². The number of rotatable bonds is 17. The molecule has 10 heteroatoms. The Morgan fingerprint density at radius 3 is 2.41 bits per heavy atom. The van der Waals surface area contributed by atoms with Crippen LogP contribution < -0.4 is 19.1 Å². The molecule has 2 rings (SSSR count). The summed E-state index contributed by atoms with van der Waals surface area (Å²) in [4.78, 5) is 28.3. The summed E-state index contributed by atoms with van der Waals surface area (Å²) in [6.07, 6.45) is 3.75. The standard InChI is InChI=1S/C29H43N3O6S/c1-6-9-19-30-29(34)25(7-2)31(22-23-14-12-15-24(21-23)37-4)28(33)18-13-20-32(39(5,35)36)26-16-10-11-17-27(26)38-8-3/h10-12,14-17,21,25H,6-9,13,18-20,22H2,1-5H3,(H,30,34)/t25-/m1/s1. The molecular formula is C29H43N3O6S. The van der Waals surface area contributed by atoms with E-state index in [4.69, 9.17) is 9.47 Å². The van der Waals surface area contributed by atoms with Gasteiger partial charge in [-0.3, -0.25) is 13.9 Å². The van der Waals surface area contributed by atoms with Gasteiger partial charge >= 0.3 is 0 Å². The number of carbonyl (C=O) groups excluding carboxylic acids is 2. The molecule has 39 heavy (non-hydrogen) atoms. The van der Waals surface area contributed by atoms with Crippen LogP contribution in [0.4, 0.5) is 5.69 Å². The SMILES string of the molecule is CCCCNC(=O)[C@@H](CC)N(Cc1cccc(OC)c1)C(=O)CCCN(c1ccccc1OCC)S(C)(=O)=O. The number of carbonyl (C=O) groups is 2. The quantitative estimate of drug-likeness (QED) is 0.288. The van der Waals surface area contributed by atoms with Gasteiger partial charge in [-0.05, 0) is 56.0 Å². The van der Waals surface area contributed by atoms with Crippen LogP contribution in [0.2, 0.25) is 0 Å². The Kier molecular flexibility index (Phi) is 13.1. The van der Waals surface area contributed by atoms with Gasteiger partial charge in [-0.15, -0.1) is 0 Å². The fraction of sp³-hybridized carbons (Fsp3) is 0.517. The third-order valence-corrected chi connectivity index (χ3v) is 7.47. The van der Waals surface area contributed by atoms with Crippen LogP contribution in [0.15, 0.2) is 48.5 Å². The third-order valence-electron chi connectivity index (χ3n) is 6.29. The molecule has 0 fully saturated rings. The predicted molar refractivity (Wildman–Crippen MR) is 155 cm³/mol. The van der Waals surface area contributed by atoms with Gasteiger partial charge in [-0.2, -0.15) is 0 Å². The van der Waals surface area contributed by atoms with Crippen LogP contribution in [0, 0.1) is 0 Å². The number of ether oxygens (including phenoxy) is 2. The van der Waals surface area contributed by atoms with Crippen LogP contribution in [-0.2, 0) is 26.2 Å². The van der Waals surface area contributed by atoms with E-state index in [0.717, 1.165) is 24.7 Å². The Balaban J connectivity index is 2.25. The third kappa shape index (κ3) is 9.76. The molecule has 0 saturated carbocycles. The first-order valence-electron chi connectivity index (χ1n) is 13.6. The van der Waals surface area contributed by atoms with E-state index in [9.17, 15) is 18.0 Å². The average Bonchev–Trinajstić information content (AvgIpc) is 2.91. The van der Waals surface area contributed by atoms with Gasteiger partial charge in [-0.25, -0.2) is 8.42 Å². The van der Waals surface area contributed by atoms with Gasteiger partial charge in [0.05, 0.1) is 25.7 Å². The fourth-order valence-corrected chi connectivity index (χ4v) is 5.29. The number of nitrogens with zero attached hydrogens (tertiary/aromatic N) is 2. The predicted octanol–water partition coefficient (Wildman–Crippen LogP) is 4.36. The first-order chi connectivity index (χ1) is 18.7. The lowest BCUT2D eigenvalue weighted by molar-refractivity contribution is -0.141. The minimum Gasteiger partial charge on any atom is -0.497 e. The molecule has 0 spiro atoms. The molecule has 2 aromatic rings. The Bertz CT molecular complexity index is 1170. The molecule has 1 N–H and O–H groups in total. The summed E-state index contributed by atoms with van der Waals surface area (Å²) in [6.45, 7) is 7.04. The first kappa shape index (κ1) is 31.9. The van der Waals surface area contributed by atoms with Gasteiger partial charge < -0.3 is 19.7 Å². The lowest BCUT2D eigenvalue weighted by Crippen LogP contribution is -2.49. The van der Waals surface area contributed by atoms with Gasteiger partial charge in [0.2, 0.25) is 21.8 Å². The zero-order chi connectivity index (χ0) is 28.8. The number of hydrogen-bond donors (Lipinski definition) is 1. The van der Waals surface area contributed by atoms with E-state index in [1.165, 1.54) is 4.31 Å². The summed E-state index contributed by atoms with van der Waals surface area (Å²) in [7, 11) is -2.05. The van der Waals surface area contributed by atoms with Crippen molar-refractivity contribution in [1.82, 2.24) is 10.2 Å². The molecule has 9 nitrogen and oxygen atoms in total. The van der Waals surface area contributed by atoms with Crippen LogP contribution >= 0.6 is 0 Å². The summed E-state index contributed by atoms with van der Waals surface area (Å²) in [5, 5.41) is 2.95. The maximum atomic E-state index is 13.6. The normalized spacial score (nSPS) is 11.9. The van der Waals surface area contributed by atoms with E-state index in [2.05, 4.69) is 12.2 Å². The molecular weight excluding hydrogens is 518 g/mol. The van der Waals surface area contributed by atoms with Crippen LogP contribution in [0.25, 0.3) is 0 Å². The monoisotopic (exact) mass is 561 g/mol. The van der Waals surface area contributed by atoms with Crippen LogP contribution in [0.5, 0.6) is 11.5 Å². The number of nitrogens with one attached hydrogen (secondary N) is 1. The average molecular weight is 562 g/mol. The first-order valence-corrected chi connectivity index (χ1v) is 15.4. The summed E-state index contributed by atoms with van der Waals surface area (Å²) < 4.78 is 37.6. The molecule has 0 radical (unpaired) electrons. The molecule has 216 valence electrons. The number of sulfonamides is 1. The summed E-state index contributed by atoms with van der Waals surface area (Å²) >= 11 is 0. The van der Waals surface area contributed by atoms with Crippen LogP contribution in [0.3, 0.4) is 0 Å². The number of amides is 2. The number of methoxy groups -OCH3 is 1. The zero-order valence-electron chi connectivity index (χ0n) is 23.8. The number of hydrogen-bond acceptors (Lipinski definition) is 6. The van der Waals surface area contributed by atoms with Gasteiger partial charge in [0.25, 0.3) is 0 Å². The highest BCUT2D eigenvalue weighted by molar-refractivity contribution is 7.92. The highest BCUT2D eigenvalue weighted by Gasteiger charge is 2.29. The molecule has 1 atom stereocenters. The van der Waals surface area contributed by atoms with Gasteiger partial charge in [0.1, 0.15) is 17.5 Å². The highest BCUT2D eigenvalue weighted by Crippen LogP contribution is 2.30. The highest BCUT2D eigenvalue weighted by atomic mass is 32.2. The molecule has 0 saturated heterocycles. The number of benzene rings is 2. The Morgan fingerprint density at radius 1 is 1.03 bits per heavy atom. The fourth-order valence-electron chi connectivity index (χ4n) is 4.32. The van der Waals surface area contributed by atoms with Crippen molar-refractivity contribution in [3.05, 3.63) is 54.1 Å². The summed E-state index contributed by atoms with van der Waals surface area (Å²) in [6, 6.07) is 13.7. The van der Waals surface area contributed by atoms with Crippen LogP contribution in [-0.4, -0.2) is 64.2 Å². The van der Waals surface area contributed by atoms with E-state index in [1.807, 2.05) is 38.1 Å². The van der Waals surface area contributed by atoms with E-state index < -0.39 is 16.1 Å². The second-order valence-corrected chi connectivity index (χ2v) is 11.2. The minimum absolute atomic E-state index is 0.0749. The smallest absolute Gasteiger partial charge is 0.242 e. The molecule has 0 heterocycles. The van der Waals surface area contributed by atoms with Gasteiger partial charge in [-0.1, -0.05) is 44.5 Å². The molecule has 0 bridgehead atoms. The maximum Gasteiger partial charge on any atom is 0.242 e. The molecule has 0 aliphatic carbocycles. The molecule has 0 aliphatic heterocycles. The van der Waals surface area contributed by atoms with Crippen molar-refractivity contribution in [2.24, 2.45) is 0 Å². The van der Waals surface area contributed by atoms with Crippen molar-refractivity contribution in [2.45, 2.75) is 65.5 Å². The zero-order valence-corrected chi connectivity index (χ0v) is 24.6. The lowest BCUT2D eigenvalue weighted by Gasteiger charge is -2.31. The largest absolute Gasteiger partial charge is 0.497 e. The Morgan fingerprint density at radius 2 is 1.77 bits per heavy atom. The summed E-state index contributed by atoms with van der Waals surface area (Å²) in [5.74, 6) is 0.718. The number of unbranched alkanes of at least 4 members (excludes halogenated alkanes) is 1. The molecule has 2 amide bonds. The van der Waals surface area contributed by atoms with E-state index in [1.54, 1.807) is 36.3 Å². The molecule has 0 unspecified atom stereocenters. The van der Waals surface area contributed by atoms with Crippen molar-refractivity contribution in [1.29, 1.82) is 0 Å². The summed E-state index contributed by atoms with van der Waals surface area (Å²) in [5.41, 5.74) is 1.27. The van der Waals surface area contributed by atoms with E-state index in [0.29, 0.717) is 36.8 Å². The Labute approximate surface area is 233 Å². The van der Waals surface area contributed by atoms with Gasteiger partial charge in [0.15, 0.2) is 0 Å². The number of anilines is 1.